The Morgan fingerprint density at radius 1 is 1.41 bits per heavy atom. The van der Waals surface area contributed by atoms with E-state index in [2.05, 4.69) is 10.4 Å². The van der Waals surface area contributed by atoms with Gasteiger partial charge in [-0.3, -0.25) is 14.3 Å². The Labute approximate surface area is 132 Å². The molecule has 2 N–H and O–H groups in total. The highest BCUT2D eigenvalue weighted by Crippen LogP contribution is 2.28. The van der Waals surface area contributed by atoms with Gasteiger partial charge in [0.1, 0.15) is 0 Å². The maximum atomic E-state index is 12.1. The predicted molar refractivity (Wildman–Crippen MR) is 85.2 cm³/mol. The average Bonchev–Trinajstić information content (AvgIpc) is 3.08. The molecule has 6 nitrogen and oxygen atoms in total. The summed E-state index contributed by atoms with van der Waals surface area (Å²) >= 11 is 1.47. The molecule has 2 aromatic heterocycles. The normalized spacial score (nSPS) is 12.3. The number of hydrogen-bond donors (Lipinski definition) is 2. The summed E-state index contributed by atoms with van der Waals surface area (Å²) < 4.78 is 1.75. The number of nitrogens with one attached hydrogen (secondary N) is 1. The van der Waals surface area contributed by atoms with Gasteiger partial charge < -0.3 is 10.4 Å². The monoisotopic (exact) mass is 321 g/mol. The lowest BCUT2D eigenvalue weighted by Crippen LogP contribution is -2.17. The molecule has 7 heteroatoms. The SMILES string of the molecule is CC(C)n1cc(NC(=O)CC(CC(=O)O)c2cccs2)cn1. The van der Waals surface area contributed by atoms with Crippen LogP contribution in [0.4, 0.5) is 5.69 Å². The molecule has 1 unspecified atom stereocenters. The molecule has 2 rings (SSSR count). The lowest BCUT2D eigenvalue weighted by molar-refractivity contribution is -0.137. The molecule has 0 spiro atoms. The first-order valence-electron chi connectivity index (χ1n) is 7.05. The lowest BCUT2D eigenvalue weighted by atomic mass is 9.99. The first-order chi connectivity index (χ1) is 10.5. The number of aromatic nitrogens is 2. The number of carbonyl (C=O) groups excluding carboxylic acids is 1. The molecule has 0 saturated carbocycles. The van der Waals surface area contributed by atoms with Crippen molar-refractivity contribution in [3.05, 3.63) is 34.8 Å². The zero-order valence-electron chi connectivity index (χ0n) is 12.5. The Kier molecular flexibility index (Phi) is 5.32. The number of carboxylic acid groups (broad SMARTS) is 1. The average molecular weight is 321 g/mol. The number of nitrogens with zero attached hydrogens (tertiary/aromatic N) is 2. The third kappa shape index (κ3) is 4.42. The van der Waals surface area contributed by atoms with Crippen molar-refractivity contribution in [3.63, 3.8) is 0 Å². The van der Waals surface area contributed by atoms with Crippen LogP contribution in [0.2, 0.25) is 0 Å². The van der Waals surface area contributed by atoms with Gasteiger partial charge in [-0.25, -0.2) is 0 Å². The van der Waals surface area contributed by atoms with Gasteiger partial charge in [-0.05, 0) is 25.3 Å². The maximum absolute atomic E-state index is 12.1. The standard InChI is InChI=1S/C15H19N3O3S/c1-10(2)18-9-12(8-16-18)17-14(19)6-11(7-15(20)21)13-4-3-5-22-13/h3-5,8-11H,6-7H2,1-2H3,(H,17,19)(H,20,21). The second-order valence-corrected chi connectivity index (χ2v) is 6.34. The van der Waals surface area contributed by atoms with E-state index in [1.165, 1.54) is 11.3 Å². The van der Waals surface area contributed by atoms with Crippen LogP contribution < -0.4 is 5.32 Å². The number of carbonyl (C=O) groups is 2. The molecular formula is C15H19N3O3S. The van der Waals surface area contributed by atoms with E-state index < -0.39 is 5.97 Å². The number of rotatable bonds is 7. The van der Waals surface area contributed by atoms with E-state index in [9.17, 15) is 9.59 Å². The number of amides is 1. The summed E-state index contributed by atoms with van der Waals surface area (Å²) in [6.45, 7) is 4.00. The van der Waals surface area contributed by atoms with Crippen molar-refractivity contribution in [2.24, 2.45) is 0 Å². The third-order valence-electron chi connectivity index (χ3n) is 3.21. The van der Waals surface area contributed by atoms with Crippen LogP contribution in [0.3, 0.4) is 0 Å². The van der Waals surface area contributed by atoms with Crippen molar-refractivity contribution >= 4 is 28.9 Å². The number of aliphatic carboxylic acids is 1. The van der Waals surface area contributed by atoms with E-state index in [-0.39, 0.29) is 30.7 Å². The quantitative estimate of drug-likeness (QED) is 0.820. The van der Waals surface area contributed by atoms with Crippen molar-refractivity contribution in [2.45, 2.75) is 38.6 Å². The van der Waals surface area contributed by atoms with Crippen molar-refractivity contribution in [1.82, 2.24) is 9.78 Å². The fourth-order valence-electron chi connectivity index (χ4n) is 2.13. The van der Waals surface area contributed by atoms with Gasteiger partial charge in [0, 0.05) is 29.5 Å². The summed E-state index contributed by atoms with van der Waals surface area (Å²) in [5.74, 6) is -1.42. The van der Waals surface area contributed by atoms with Gasteiger partial charge in [-0.1, -0.05) is 6.07 Å². The van der Waals surface area contributed by atoms with Gasteiger partial charge in [0.2, 0.25) is 5.91 Å². The molecule has 2 aromatic rings. The molecule has 1 atom stereocenters. The van der Waals surface area contributed by atoms with E-state index in [1.54, 1.807) is 17.1 Å². The molecule has 0 radical (unpaired) electrons. The molecule has 0 saturated heterocycles. The van der Waals surface area contributed by atoms with Crippen LogP contribution in [0, 0.1) is 0 Å². The highest BCUT2D eigenvalue weighted by atomic mass is 32.1. The molecular weight excluding hydrogens is 302 g/mol. The summed E-state index contributed by atoms with van der Waals surface area (Å²) in [5.41, 5.74) is 0.624. The molecule has 0 bridgehead atoms. The summed E-state index contributed by atoms with van der Waals surface area (Å²) in [4.78, 5) is 24.0. The highest BCUT2D eigenvalue weighted by molar-refractivity contribution is 7.10. The van der Waals surface area contributed by atoms with E-state index in [4.69, 9.17) is 5.11 Å². The third-order valence-corrected chi connectivity index (χ3v) is 4.25. The van der Waals surface area contributed by atoms with E-state index in [0.29, 0.717) is 5.69 Å². The molecule has 2 heterocycles. The van der Waals surface area contributed by atoms with Gasteiger partial charge in [0.25, 0.3) is 0 Å². The van der Waals surface area contributed by atoms with Crippen LogP contribution >= 0.6 is 11.3 Å². The predicted octanol–water partition coefficient (Wildman–Crippen LogP) is 3.11. The molecule has 0 fully saturated rings. The maximum Gasteiger partial charge on any atom is 0.304 e. The number of carboxylic acids is 1. The number of hydrogen-bond acceptors (Lipinski definition) is 4. The van der Waals surface area contributed by atoms with E-state index >= 15 is 0 Å². The first-order valence-corrected chi connectivity index (χ1v) is 7.93. The van der Waals surface area contributed by atoms with Crippen molar-refractivity contribution in [3.8, 4) is 0 Å². The Bertz CT molecular complexity index is 634. The Balaban J connectivity index is 1.99. The van der Waals surface area contributed by atoms with Gasteiger partial charge in [-0.2, -0.15) is 5.10 Å². The largest absolute Gasteiger partial charge is 0.481 e. The zero-order valence-corrected chi connectivity index (χ0v) is 13.3. The molecule has 22 heavy (non-hydrogen) atoms. The minimum atomic E-state index is -0.904. The van der Waals surface area contributed by atoms with Crippen LogP contribution in [-0.2, 0) is 9.59 Å². The Morgan fingerprint density at radius 2 is 2.18 bits per heavy atom. The highest BCUT2D eigenvalue weighted by Gasteiger charge is 2.20. The van der Waals surface area contributed by atoms with Gasteiger partial charge in [0.05, 0.1) is 18.3 Å². The molecule has 0 aromatic carbocycles. The number of anilines is 1. The summed E-state index contributed by atoms with van der Waals surface area (Å²) in [6, 6.07) is 3.94. The second-order valence-electron chi connectivity index (χ2n) is 5.37. The van der Waals surface area contributed by atoms with Crippen LogP contribution in [0.1, 0.15) is 43.5 Å². The fraction of sp³-hybridized carbons (Fsp3) is 0.400. The van der Waals surface area contributed by atoms with Crippen LogP contribution in [-0.4, -0.2) is 26.8 Å². The molecule has 1 amide bonds. The fourth-order valence-corrected chi connectivity index (χ4v) is 2.96. The van der Waals surface area contributed by atoms with E-state index in [0.717, 1.165) is 4.88 Å². The second kappa shape index (κ2) is 7.22. The van der Waals surface area contributed by atoms with Gasteiger partial charge in [0.15, 0.2) is 0 Å². The molecule has 0 aliphatic rings. The van der Waals surface area contributed by atoms with E-state index in [1.807, 2.05) is 31.4 Å². The van der Waals surface area contributed by atoms with Crippen LogP contribution in [0.15, 0.2) is 29.9 Å². The molecule has 0 aliphatic carbocycles. The molecule has 118 valence electrons. The Hall–Kier alpha value is -2.15. The summed E-state index contributed by atoms with van der Waals surface area (Å²) in [6.07, 6.45) is 3.44. The zero-order chi connectivity index (χ0) is 16.1. The summed E-state index contributed by atoms with van der Waals surface area (Å²) in [7, 11) is 0. The molecule has 0 aliphatic heterocycles. The summed E-state index contributed by atoms with van der Waals surface area (Å²) in [5, 5.41) is 17.8. The van der Waals surface area contributed by atoms with Crippen molar-refractivity contribution in [2.75, 3.05) is 5.32 Å². The van der Waals surface area contributed by atoms with Gasteiger partial charge in [-0.15, -0.1) is 11.3 Å². The Morgan fingerprint density at radius 3 is 2.73 bits per heavy atom. The lowest BCUT2D eigenvalue weighted by Gasteiger charge is -2.12. The minimum Gasteiger partial charge on any atom is -0.481 e. The smallest absolute Gasteiger partial charge is 0.304 e. The van der Waals surface area contributed by atoms with Crippen molar-refractivity contribution < 1.29 is 14.7 Å². The minimum absolute atomic E-state index is 0.0564. The van der Waals surface area contributed by atoms with Crippen LogP contribution in [0.5, 0.6) is 0 Å². The first kappa shape index (κ1) is 16.2. The van der Waals surface area contributed by atoms with Crippen LogP contribution in [0.25, 0.3) is 0 Å². The topological polar surface area (TPSA) is 84.2 Å². The number of thiophene rings is 1. The van der Waals surface area contributed by atoms with Crippen molar-refractivity contribution in [1.29, 1.82) is 0 Å². The van der Waals surface area contributed by atoms with Gasteiger partial charge >= 0.3 is 5.97 Å².